The number of fused-ring (bicyclic) bond motifs is 27. The zero-order valence-corrected chi connectivity index (χ0v) is 70.0. The smallest absolute Gasteiger partial charge is 0.145 e. The summed E-state index contributed by atoms with van der Waals surface area (Å²) in [6.07, 6.45) is 9.56. The van der Waals surface area contributed by atoms with E-state index in [9.17, 15) is 0 Å². The third-order valence-corrected chi connectivity index (χ3v) is 28.2. The van der Waals surface area contributed by atoms with Crippen LogP contribution >= 0.6 is 34.0 Å². The molecule has 18 aromatic carbocycles. The highest BCUT2D eigenvalue weighted by atomic mass is 32.1. The molecular weight excluding hydrogens is 1590 g/mol. The predicted molar refractivity (Wildman–Crippen MR) is 533 cm³/mol. The average molecular weight is 1660 g/mol. The topological polar surface area (TPSA) is 92.1 Å². The zero-order valence-electron chi connectivity index (χ0n) is 67.6. The van der Waals surface area contributed by atoms with E-state index < -0.39 is 0 Å². The lowest BCUT2D eigenvalue weighted by Crippen LogP contribution is -1.98. The fraction of sp³-hybridized carbons (Fsp3) is 0. The monoisotopic (exact) mass is 1660 g/mol. The summed E-state index contributed by atoms with van der Waals surface area (Å²) < 4.78 is 13.4. The second kappa shape index (κ2) is 30.0. The Bertz CT molecular complexity index is 8240. The standard InChI is InChI=1S/3C38H23N3S/c1-2-10-24(11-3-1)37-40-35-30-16-6-4-14-28(30)29-15-5-7-17-31(29)36(35)41(37)27-13-8-12-25(22-27)26-19-20-34-33(23-26)32-18-9-21-39-38(32)42-34;1-2-9-24(10-3-1)38-40-36-31-15-6-4-13-28(31)29-14-5-7-16-32(29)37(36)41(38)27-12-8-11-25(21-27)26-17-18-34-33(22-26)30-19-20-39-23-35(30)42-34;1-2-9-24(10-3-1)38-40-36-30-15-6-4-13-28(30)29-14-5-7-16-31(29)37(36)41(38)27-12-8-11-25(21-27)26-17-18-34-32(22-26)33-23-39-20-19-35(33)42-34/h3*1-23H. The van der Waals surface area contributed by atoms with Crippen molar-refractivity contribution in [2.45, 2.75) is 0 Å². The SMILES string of the molecule is c1ccc(-c2nc3c4ccccc4c4ccccc4c3n2-c2cccc(-c3ccc4sc5ccncc5c4c3)c2)cc1.c1ccc(-c2nc3c4ccccc4c4ccccc4c3n2-c2cccc(-c3ccc4sc5cnccc5c4c3)c2)cc1.c1ccc(-c2nc3c4ccccc4c4ccccc4c3n2-c2cccc(-c3ccc4sc5ncccc5c4c3)c2)cc1. The van der Waals surface area contributed by atoms with E-state index in [0.717, 1.165) is 89.2 Å². The number of imidazole rings is 3. The molecule has 0 fully saturated rings. The number of benzene rings is 18. The number of pyridine rings is 3. The molecular formula is C114H69N9S3. The summed E-state index contributed by atoms with van der Waals surface area (Å²) in [7, 11) is 0. The highest BCUT2D eigenvalue weighted by molar-refractivity contribution is 7.26. The molecule has 0 saturated heterocycles. The average Bonchev–Trinajstić information content (AvgIpc) is 1.59. The van der Waals surface area contributed by atoms with Gasteiger partial charge in [0.1, 0.15) is 22.3 Å². The quantitative estimate of drug-likeness (QED) is 0.134. The Kier molecular flexibility index (Phi) is 17.3. The summed E-state index contributed by atoms with van der Waals surface area (Å²) in [5.41, 5.74) is 20.1. The van der Waals surface area contributed by atoms with E-state index in [-0.39, 0.29) is 0 Å². The van der Waals surface area contributed by atoms with E-state index in [4.69, 9.17) is 15.0 Å². The molecule has 0 unspecified atom stereocenters. The van der Waals surface area contributed by atoms with Gasteiger partial charge in [-0.3, -0.25) is 23.7 Å². The van der Waals surface area contributed by atoms with Gasteiger partial charge >= 0.3 is 0 Å². The van der Waals surface area contributed by atoms with E-state index in [1.54, 1.807) is 22.7 Å². The molecule has 0 bridgehead atoms. The molecule has 27 aromatic rings. The van der Waals surface area contributed by atoms with Gasteiger partial charge in [-0.1, -0.05) is 291 Å². The normalized spacial score (nSPS) is 11.8. The zero-order chi connectivity index (χ0) is 82.9. The lowest BCUT2D eigenvalue weighted by molar-refractivity contribution is 1.11. The third kappa shape index (κ3) is 12.1. The van der Waals surface area contributed by atoms with Crippen LogP contribution in [0.2, 0.25) is 0 Å². The summed E-state index contributed by atoms with van der Waals surface area (Å²) in [4.78, 5) is 30.5. The number of thiophene rings is 3. The van der Waals surface area contributed by atoms with Gasteiger partial charge in [-0.2, -0.15) is 0 Å². The first-order valence-corrected chi connectivity index (χ1v) is 44.7. The Labute approximate surface area is 734 Å². The molecule has 0 aliphatic rings. The van der Waals surface area contributed by atoms with Gasteiger partial charge in [0.05, 0.1) is 37.8 Å². The molecule has 0 aliphatic heterocycles. The fourth-order valence-corrected chi connectivity index (χ4v) is 22.2. The summed E-state index contributed by atoms with van der Waals surface area (Å²) in [5.74, 6) is 2.82. The highest BCUT2D eigenvalue weighted by Gasteiger charge is 2.26. The second-order valence-electron chi connectivity index (χ2n) is 32.0. The van der Waals surface area contributed by atoms with Crippen LogP contribution in [0.25, 0.3) is 243 Å². The van der Waals surface area contributed by atoms with Crippen LogP contribution in [0, 0.1) is 0 Å². The first-order valence-electron chi connectivity index (χ1n) is 42.2. The van der Waals surface area contributed by atoms with Crippen molar-refractivity contribution in [3.63, 3.8) is 0 Å². The molecule has 9 heterocycles. The molecule has 0 saturated carbocycles. The Balaban J connectivity index is 0.000000103. The fourth-order valence-electron chi connectivity index (χ4n) is 19.1. The van der Waals surface area contributed by atoms with Crippen molar-refractivity contribution in [1.82, 2.24) is 43.6 Å². The van der Waals surface area contributed by atoms with Crippen molar-refractivity contribution >= 4 is 192 Å². The van der Waals surface area contributed by atoms with Gasteiger partial charge in [0, 0.05) is 148 Å². The van der Waals surface area contributed by atoms with E-state index in [1.165, 1.54) is 154 Å². The minimum atomic E-state index is 0.939. The maximum Gasteiger partial charge on any atom is 0.145 e. The lowest BCUT2D eigenvalue weighted by Gasteiger charge is -2.14. The molecule has 27 rings (SSSR count). The maximum atomic E-state index is 5.37. The molecule has 0 amide bonds. The van der Waals surface area contributed by atoms with Gasteiger partial charge in [-0.15, -0.1) is 34.0 Å². The summed E-state index contributed by atoms with van der Waals surface area (Å²) in [5, 5.41) is 21.9. The molecule has 0 aliphatic carbocycles. The minimum Gasteiger partial charge on any atom is -0.292 e. The van der Waals surface area contributed by atoms with E-state index in [1.807, 2.05) is 48.4 Å². The van der Waals surface area contributed by atoms with Crippen LogP contribution in [0.1, 0.15) is 0 Å². The van der Waals surface area contributed by atoms with Gasteiger partial charge < -0.3 is 0 Å². The molecule has 0 spiro atoms. The number of aromatic nitrogens is 9. The number of hydrogen-bond acceptors (Lipinski definition) is 9. The summed E-state index contributed by atoms with van der Waals surface area (Å²) in [6.45, 7) is 0. The van der Waals surface area contributed by atoms with Crippen molar-refractivity contribution in [3.05, 3.63) is 419 Å². The summed E-state index contributed by atoms with van der Waals surface area (Å²) >= 11 is 5.36. The molecule has 0 atom stereocenters. The van der Waals surface area contributed by atoms with Crippen molar-refractivity contribution in [1.29, 1.82) is 0 Å². The van der Waals surface area contributed by atoms with Gasteiger partial charge in [0.2, 0.25) is 0 Å². The van der Waals surface area contributed by atoms with Crippen LogP contribution in [0.5, 0.6) is 0 Å². The van der Waals surface area contributed by atoms with Crippen molar-refractivity contribution < 1.29 is 0 Å². The van der Waals surface area contributed by atoms with Crippen LogP contribution in [0.15, 0.2) is 419 Å². The lowest BCUT2D eigenvalue weighted by atomic mass is 9.99. The molecule has 126 heavy (non-hydrogen) atoms. The number of hydrogen-bond donors (Lipinski definition) is 0. The van der Waals surface area contributed by atoms with Crippen molar-refractivity contribution in [2.75, 3.05) is 0 Å². The molecule has 588 valence electrons. The Morgan fingerprint density at radius 2 is 0.492 bits per heavy atom. The van der Waals surface area contributed by atoms with Crippen molar-refractivity contribution in [2.24, 2.45) is 0 Å². The van der Waals surface area contributed by atoms with E-state index in [2.05, 4.69) is 411 Å². The minimum absolute atomic E-state index is 0.939. The Morgan fingerprint density at radius 3 is 0.913 bits per heavy atom. The second-order valence-corrected chi connectivity index (χ2v) is 35.2. The van der Waals surface area contributed by atoms with Crippen molar-refractivity contribution in [3.8, 4) is 84.6 Å². The first-order chi connectivity index (χ1) is 62.5. The molecule has 0 N–H and O–H groups in total. The van der Waals surface area contributed by atoms with Gasteiger partial charge in [0.15, 0.2) is 0 Å². The molecule has 0 radical (unpaired) electrons. The van der Waals surface area contributed by atoms with Crippen LogP contribution in [0.4, 0.5) is 0 Å². The number of rotatable bonds is 9. The van der Waals surface area contributed by atoms with Gasteiger partial charge in [-0.05, 0) is 163 Å². The molecule has 9 aromatic heterocycles. The number of nitrogens with zero attached hydrogens (tertiary/aromatic N) is 9. The van der Waals surface area contributed by atoms with Crippen LogP contribution in [0.3, 0.4) is 0 Å². The Hall–Kier alpha value is -16.0. The van der Waals surface area contributed by atoms with E-state index in [0.29, 0.717) is 0 Å². The highest BCUT2D eigenvalue weighted by Crippen LogP contribution is 2.47. The van der Waals surface area contributed by atoms with Gasteiger partial charge in [0.25, 0.3) is 0 Å². The largest absolute Gasteiger partial charge is 0.292 e. The molecule has 9 nitrogen and oxygen atoms in total. The van der Waals surface area contributed by atoms with Crippen LogP contribution < -0.4 is 0 Å². The van der Waals surface area contributed by atoms with Crippen LogP contribution in [-0.2, 0) is 0 Å². The summed E-state index contributed by atoms with van der Waals surface area (Å²) in [6, 6.07) is 139. The predicted octanol–water partition coefficient (Wildman–Crippen LogP) is 31.3. The third-order valence-electron chi connectivity index (χ3n) is 24.8. The first kappa shape index (κ1) is 72.8. The maximum absolute atomic E-state index is 5.37. The van der Waals surface area contributed by atoms with Crippen LogP contribution in [-0.4, -0.2) is 43.6 Å². The molecule has 12 heteroatoms. The Morgan fingerprint density at radius 1 is 0.183 bits per heavy atom. The van der Waals surface area contributed by atoms with E-state index >= 15 is 0 Å². The van der Waals surface area contributed by atoms with Gasteiger partial charge in [-0.25, -0.2) is 19.9 Å².